The van der Waals surface area contributed by atoms with Gasteiger partial charge in [0.25, 0.3) is 0 Å². The summed E-state index contributed by atoms with van der Waals surface area (Å²) < 4.78 is 4.57. The molecule has 0 radical (unpaired) electrons. The highest BCUT2D eigenvalue weighted by atomic mass is 16.5. The van der Waals surface area contributed by atoms with Crippen LogP contribution in [0.2, 0.25) is 0 Å². The molecule has 1 aliphatic carbocycles. The quantitative estimate of drug-likeness (QED) is 0.838. The fraction of sp³-hybridized carbons (Fsp3) is 0.500. The number of nitrogens with zero attached hydrogens (tertiary/aromatic N) is 1. The van der Waals surface area contributed by atoms with Crippen molar-refractivity contribution in [3.05, 3.63) is 35.9 Å². The molecule has 5 heteroatoms. The van der Waals surface area contributed by atoms with E-state index in [2.05, 4.69) is 4.74 Å². The van der Waals surface area contributed by atoms with Crippen LogP contribution in [0.5, 0.6) is 0 Å². The van der Waals surface area contributed by atoms with Crippen molar-refractivity contribution in [2.45, 2.75) is 38.8 Å². The largest absolute Gasteiger partial charge is 0.468 e. The molecular weight excluding hydrogens is 268 g/mol. The Morgan fingerprint density at radius 2 is 1.81 bits per heavy atom. The first kappa shape index (κ1) is 17.2. The molecule has 0 heterocycles. The van der Waals surface area contributed by atoms with Crippen molar-refractivity contribution in [1.29, 1.82) is 0 Å². The van der Waals surface area contributed by atoms with E-state index in [0.717, 1.165) is 5.56 Å². The first-order valence-corrected chi connectivity index (χ1v) is 7.19. The van der Waals surface area contributed by atoms with E-state index in [0.29, 0.717) is 6.54 Å². The summed E-state index contributed by atoms with van der Waals surface area (Å²) in [6.07, 6.45) is 4.50. The number of hydrogen-bond donors (Lipinski definition) is 1. The number of ether oxygens (including phenoxy) is 1. The van der Waals surface area contributed by atoms with E-state index in [-0.39, 0.29) is 12.5 Å². The van der Waals surface area contributed by atoms with Crippen molar-refractivity contribution in [2.24, 2.45) is 5.73 Å². The monoisotopic (exact) mass is 292 g/mol. The van der Waals surface area contributed by atoms with Gasteiger partial charge in [0.05, 0.1) is 13.2 Å². The van der Waals surface area contributed by atoms with Gasteiger partial charge < -0.3 is 15.4 Å². The van der Waals surface area contributed by atoms with Gasteiger partial charge in [0.15, 0.2) is 0 Å². The predicted molar refractivity (Wildman–Crippen MR) is 81.4 cm³/mol. The summed E-state index contributed by atoms with van der Waals surface area (Å²) in [6, 6.07) is 8.78. The van der Waals surface area contributed by atoms with E-state index in [1.165, 1.54) is 31.3 Å². The van der Waals surface area contributed by atoms with Gasteiger partial charge in [-0.05, 0) is 12.5 Å². The zero-order valence-electron chi connectivity index (χ0n) is 12.7. The molecule has 1 aromatic rings. The first-order chi connectivity index (χ1) is 10.0. The number of nitrogens with two attached hydrogens (primary N) is 1. The Morgan fingerprint density at radius 3 is 2.24 bits per heavy atom. The van der Waals surface area contributed by atoms with Gasteiger partial charge in [-0.3, -0.25) is 9.59 Å². The highest BCUT2D eigenvalue weighted by Crippen LogP contribution is 2.14. The molecule has 1 unspecified atom stereocenters. The number of rotatable bonds is 5. The molecule has 1 fully saturated rings. The van der Waals surface area contributed by atoms with Crippen molar-refractivity contribution in [3.8, 4) is 0 Å². The topological polar surface area (TPSA) is 72.6 Å². The number of esters is 1. The lowest BCUT2D eigenvalue weighted by atomic mass is 10.2. The van der Waals surface area contributed by atoms with Crippen molar-refractivity contribution < 1.29 is 14.3 Å². The third kappa shape index (κ3) is 7.46. The molecule has 1 atom stereocenters. The Balaban J connectivity index is 0.000000647. The number of benzene rings is 1. The van der Waals surface area contributed by atoms with E-state index < -0.39 is 12.0 Å². The Labute approximate surface area is 126 Å². The zero-order valence-corrected chi connectivity index (χ0v) is 12.7. The molecule has 116 valence electrons. The zero-order chi connectivity index (χ0) is 15.7. The van der Waals surface area contributed by atoms with Crippen LogP contribution in [-0.2, 0) is 20.9 Å². The molecule has 1 aromatic carbocycles. The summed E-state index contributed by atoms with van der Waals surface area (Å²) in [5, 5.41) is 0. The molecule has 21 heavy (non-hydrogen) atoms. The lowest BCUT2D eigenvalue weighted by Gasteiger charge is -2.23. The van der Waals surface area contributed by atoms with Crippen LogP contribution in [0.25, 0.3) is 0 Å². The summed E-state index contributed by atoms with van der Waals surface area (Å²) in [6.45, 7) is 1.85. The molecule has 1 aliphatic rings. The Hall–Kier alpha value is -1.88. The molecule has 0 spiro atoms. The van der Waals surface area contributed by atoms with Gasteiger partial charge in [0.1, 0.15) is 6.54 Å². The van der Waals surface area contributed by atoms with Gasteiger partial charge in [-0.2, -0.15) is 0 Å². The van der Waals surface area contributed by atoms with E-state index in [9.17, 15) is 9.59 Å². The third-order valence-corrected chi connectivity index (χ3v) is 2.82. The van der Waals surface area contributed by atoms with Crippen LogP contribution < -0.4 is 5.73 Å². The summed E-state index contributed by atoms with van der Waals surface area (Å²) in [5.41, 5.74) is 6.50. The maximum Gasteiger partial charge on any atom is 0.325 e. The maximum atomic E-state index is 11.9. The molecule has 1 saturated carbocycles. The van der Waals surface area contributed by atoms with Gasteiger partial charge in [0.2, 0.25) is 5.91 Å². The minimum absolute atomic E-state index is 0.0915. The fourth-order valence-corrected chi connectivity index (χ4v) is 1.52. The van der Waals surface area contributed by atoms with Crippen LogP contribution in [0.3, 0.4) is 0 Å². The standard InChI is InChI=1S/C13H18N2O3.C3H6/c1-10(14)13(17)15(9-12(16)18-2)8-11-6-4-3-5-7-11;1-2-3-1/h3-7,10H,8-9,14H2,1-2H3;1-3H2. The molecule has 0 saturated heterocycles. The van der Waals surface area contributed by atoms with Crippen molar-refractivity contribution >= 4 is 11.9 Å². The summed E-state index contributed by atoms with van der Waals surface area (Å²) in [5.74, 6) is -0.732. The van der Waals surface area contributed by atoms with Crippen molar-refractivity contribution in [2.75, 3.05) is 13.7 Å². The van der Waals surface area contributed by atoms with Gasteiger partial charge >= 0.3 is 5.97 Å². The number of hydrogen-bond acceptors (Lipinski definition) is 4. The highest BCUT2D eigenvalue weighted by Gasteiger charge is 2.20. The molecule has 5 nitrogen and oxygen atoms in total. The van der Waals surface area contributed by atoms with E-state index in [1.807, 2.05) is 30.3 Å². The first-order valence-electron chi connectivity index (χ1n) is 7.19. The van der Waals surface area contributed by atoms with Crippen LogP contribution >= 0.6 is 0 Å². The minimum atomic E-state index is -0.640. The van der Waals surface area contributed by atoms with E-state index in [4.69, 9.17) is 5.73 Å². The lowest BCUT2D eigenvalue weighted by Crippen LogP contribution is -2.44. The van der Waals surface area contributed by atoms with Crippen molar-refractivity contribution in [3.63, 3.8) is 0 Å². The Bertz CT molecular complexity index is 441. The lowest BCUT2D eigenvalue weighted by molar-refractivity contribution is -0.147. The summed E-state index contributed by atoms with van der Waals surface area (Å²) in [4.78, 5) is 24.6. The van der Waals surface area contributed by atoms with Gasteiger partial charge in [-0.15, -0.1) is 0 Å². The number of carbonyl (C=O) groups excluding carboxylic acids is 2. The molecule has 0 aromatic heterocycles. The highest BCUT2D eigenvalue weighted by molar-refractivity contribution is 5.85. The van der Waals surface area contributed by atoms with Gasteiger partial charge in [-0.1, -0.05) is 49.6 Å². The molecule has 2 rings (SSSR count). The van der Waals surface area contributed by atoms with Crippen LogP contribution in [0.1, 0.15) is 31.7 Å². The Morgan fingerprint density at radius 1 is 1.24 bits per heavy atom. The van der Waals surface area contributed by atoms with Gasteiger partial charge in [0, 0.05) is 6.54 Å². The summed E-state index contributed by atoms with van der Waals surface area (Å²) >= 11 is 0. The number of methoxy groups -OCH3 is 1. The molecule has 0 bridgehead atoms. The van der Waals surface area contributed by atoms with E-state index >= 15 is 0 Å². The van der Waals surface area contributed by atoms with Gasteiger partial charge in [-0.25, -0.2) is 0 Å². The second-order valence-electron chi connectivity index (χ2n) is 5.11. The third-order valence-electron chi connectivity index (χ3n) is 2.82. The van der Waals surface area contributed by atoms with Crippen LogP contribution in [0.4, 0.5) is 0 Å². The molecule has 1 amide bonds. The van der Waals surface area contributed by atoms with Crippen molar-refractivity contribution in [1.82, 2.24) is 4.90 Å². The predicted octanol–water partition coefficient (Wildman–Crippen LogP) is 1.71. The second-order valence-corrected chi connectivity index (χ2v) is 5.11. The SMILES string of the molecule is C1CC1.COC(=O)CN(Cc1ccccc1)C(=O)C(C)N. The molecule has 2 N–H and O–H groups in total. The molecule has 0 aliphatic heterocycles. The normalized spacial score (nSPS) is 13.5. The maximum absolute atomic E-state index is 11.9. The van der Waals surface area contributed by atoms with E-state index in [1.54, 1.807) is 6.92 Å². The average molecular weight is 292 g/mol. The smallest absolute Gasteiger partial charge is 0.325 e. The number of carbonyl (C=O) groups is 2. The fourth-order valence-electron chi connectivity index (χ4n) is 1.52. The second kappa shape index (κ2) is 9.13. The van der Waals surface area contributed by atoms with Crippen LogP contribution in [0, 0.1) is 0 Å². The minimum Gasteiger partial charge on any atom is -0.468 e. The van der Waals surface area contributed by atoms with Crippen LogP contribution in [-0.4, -0.2) is 36.5 Å². The summed E-state index contributed by atoms with van der Waals surface area (Å²) in [7, 11) is 1.29. The number of amides is 1. The van der Waals surface area contributed by atoms with Crippen LogP contribution in [0.15, 0.2) is 30.3 Å². The average Bonchev–Trinajstić information content (AvgIpc) is 3.35. The molecular formula is C16H24N2O3. The Kier molecular flexibility index (Phi) is 7.46.